The van der Waals surface area contributed by atoms with Gasteiger partial charge in [0.05, 0.1) is 6.10 Å². The molecule has 0 amide bonds. The number of aliphatic carboxylic acids is 1. The molecular formula is C9H14O3. The van der Waals surface area contributed by atoms with Gasteiger partial charge in [0, 0.05) is 5.57 Å². The minimum absolute atomic E-state index is 0.259. The highest BCUT2D eigenvalue weighted by Gasteiger charge is 1.96. The second kappa shape index (κ2) is 5.55. The molecule has 3 nitrogen and oxygen atoms in total. The molecule has 2 N–H and O–H groups in total. The van der Waals surface area contributed by atoms with E-state index in [9.17, 15) is 4.79 Å². The molecule has 0 aliphatic carbocycles. The average Bonchev–Trinajstić information content (AvgIpc) is 2.03. The molecule has 0 aliphatic rings. The zero-order chi connectivity index (χ0) is 9.56. The van der Waals surface area contributed by atoms with E-state index in [-0.39, 0.29) is 5.57 Å². The number of rotatable bonds is 4. The van der Waals surface area contributed by atoms with Gasteiger partial charge < -0.3 is 10.2 Å². The molecule has 12 heavy (non-hydrogen) atoms. The predicted octanol–water partition coefficient (Wildman–Crippen LogP) is 1.34. The SMILES string of the molecule is CC[C@@H](O)C=CC=C(C)C(=O)O. The molecule has 0 fully saturated rings. The van der Waals surface area contributed by atoms with E-state index in [1.54, 1.807) is 12.2 Å². The minimum atomic E-state index is -0.939. The highest BCUT2D eigenvalue weighted by Crippen LogP contribution is 1.95. The van der Waals surface area contributed by atoms with Crippen LogP contribution in [-0.2, 0) is 4.79 Å². The van der Waals surface area contributed by atoms with Gasteiger partial charge in [-0.05, 0) is 13.3 Å². The predicted molar refractivity (Wildman–Crippen MR) is 46.8 cm³/mol. The fourth-order valence-electron chi connectivity index (χ4n) is 0.536. The Kier molecular flexibility index (Phi) is 5.04. The molecular weight excluding hydrogens is 156 g/mol. The van der Waals surface area contributed by atoms with Crippen molar-refractivity contribution in [2.45, 2.75) is 26.4 Å². The summed E-state index contributed by atoms with van der Waals surface area (Å²) in [4.78, 5) is 10.3. The molecule has 1 atom stereocenters. The summed E-state index contributed by atoms with van der Waals surface area (Å²) >= 11 is 0. The summed E-state index contributed by atoms with van der Waals surface area (Å²) in [6.45, 7) is 3.35. The van der Waals surface area contributed by atoms with Crippen molar-refractivity contribution < 1.29 is 15.0 Å². The summed E-state index contributed by atoms with van der Waals surface area (Å²) in [5.41, 5.74) is 0.259. The molecule has 0 bridgehead atoms. The van der Waals surface area contributed by atoms with E-state index in [0.717, 1.165) is 0 Å². The summed E-state index contributed by atoms with van der Waals surface area (Å²) in [6, 6.07) is 0. The first kappa shape index (κ1) is 10.9. The van der Waals surface area contributed by atoms with Crippen LogP contribution in [0.4, 0.5) is 0 Å². The average molecular weight is 170 g/mol. The van der Waals surface area contributed by atoms with Crippen LogP contribution >= 0.6 is 0 Å². The highest BCUT2D eigenvalue weighted by atomic mass is 16.4. The topological polar surface area (TPSA) is 57.5 Å². The van der Waals surface area contributed by atoms with E-state index in [2.05, 4.69) is 0 Å². The molecule has 0 spiro atoms. The molecule has 0 saturated carbocycles. The van der Waals surface area contributed by atoms with Crippen molar-refractivity contribution in [1.82, 2.24) is 0 Å². The number of hydrogen-bond donors (Lipinski definition) is 2. The van der Waals surface area contributed by atoms with Crippen LogP contribution < -0.4 is 0 Å². The van der Waals surface area contributed by atoms with Gasteiger partial charge in [0.25, 0.3) is 0 Å². The van der Waals surface area contributed by atoms with Gasteiger partial charge in [-0.2, -0.15) is 0 Å². The Bertz CT molecular complexity index is 204. The first-order valence-electron chi connectivity index (χ1n) is 3.84. The molecule has 0 aromatic heterocycles. The molecule has 3 heteroatoms. The Balaban J connectivity index is 4.03. The summed E-state index contributed by atoms with van der Waals surface area (Å²) < 4.78 is 0. The number of aliphatic hydroxyl groups is 1. The van der Waals surface area contributed by atoms with Crippen LogP contribution in [-0.4, -0.2) is 22.3 Å². The van der Waals surface area contributed by atoms with Crippen molar-refractivity contribution in [3.63, 3.8) is 0 Å². The highest BCUT2D eigenvalue weighted by molar-refractivity contribution is 5.86. The second-order valence-corrected chi connectivity index (χ2v) is 2.52. The molecule has 0 aromatic rings. The van der Waals surface area contributed by atoms with Gasteiger partial charge in [0.15, 0.2) is 0 Å². The third kappa shape index (κ3) is 4.68. The van der Waals surface area contributed by atoms with E-state index in [1.165, 1.54) is 13.0 Å². The number of carboxylic acids is 1. The number of carboxylic acid groups (broad SMARTS) is 1. The van der Waals surface area contributed by atoms with E-state index < -0.39 is 12.1 Å². The van der Waals surface area contributed by atoms with Crippen LogP contribution in [0.1, 0.15) is 20.3 Å². The smallest absolute Gasteiger partial charge is 0.331 e. The summed E-state index contributed by atoms with van der Waals surface area (Å²) in [5.74, 6) is -0.939. The quantitative estimate of drug-likeness (QED) is 0.494. The van der Waals surface area contributed by atoms with Gasteiger partial charge in [-0.1, -0.05) is 25.2 Å². The van der Waals surface area contributed by atoms with Crippen LogP contribution in [0.5, 0.6) is 0 Å². The third-order valence-electron chi connectivity index (χ3n) is 1.44. The standard InChI is InChI=1S/C9H14O3/c1-3-8(10)6-4-5-7(2)9(11)12/h4-6,8,10H,3H2,1-2H3,(H,11,12)/t8-/m1/s1. The lowest BCUT2D eigenvalue weighted by molar-refractivity contribution is -0.132. The summed E-state index contributed by atoms with van der Waals surface area (Å²) in [5, 5.41) is 17.5. The van der Waals surface area contributed by atoms with Crippen molar-refractivity contribution in [1.29, 1.82) is 0 Å². The maximum atomic E-state index is 10.3. The number of carbonyl (C=O) groups is 1. The molecule has 0 aliphatic heterocycles. The van der Waals surface area contributed by atoms with E-state index in [0.29, 0.717) is 6.42 Å². The van der Waals surface area contributed by atoms with Crippen molar-refractivity contribution in [2.75, 3.05) is 0 Å². The molecule has 0 heterocycles. The van der Waals surface area contributed by atoms with Crippen LogP contribution in [0.3, 0.4) is 0 Å². The van der Waals surface area contributed by atoms with Crippen molar-refractivity contribution in [3.8, 4) is 0 Å². The maximum absolute atomic E-state index is 10.3. The molecule has 0 radical (unpaired) electrons. The molecule has 0 rings (SSSR count). The lowest BCUT2D eigenvalue weighted by Crippen LogP contribution is -1.98. The first-order valence-corrected chi connectivity index (χ1v) is 3.84. The Labute approximate surface area is 72.0 Å². The zero-order valence-corrected chi connectivity index (χ0v) is 7.32. The van der Waals surface area contributed by atoms with Crippen molar-refractivity contribution in [3.05, 3.63) is 23.8 Å². The first-order chi connectivity index (χ1) is 5.57. The Morgan fingerprint density at radius 1 is 1.58 bits per heavy atom. The van der Waals surface area contributed by atoms with Crippen LogP contribution in [0, 0.1) is 0 Å². The summed E-state index contributed by atoms with van der Waals surface area (Å²) in [6.07, 6.45) is 4.73. The van der Waals surface area contributed by atoms with E-state index >= 15 is 0 Å². The summed E-state index contributed by atoms with van der Waals surface area (Å²) in [7, 11) is 0. The Hall–Kier alpha value is -1.09. The minimum Gasteiger partial charge on any atom is -0.478 e. The van der Waals surface area contributed by atoms with Gasteiger partial charge >= 0.3 is 5.97 Å². The lowest BCUT2D eigenvalue weighted by Gasteiger charge is -1.96. The number of allylic oxidation sites excluding steroid dienone is 2. The van der Waals surface area contributed by atoms with Gasteiger partial charge in [-0.25, -0.2) is 4.79 Å². The van der Waals surface area contributed by atoms with Crippen LogP contribution in [0.15, 0.2) is 23.8 Å². The lowest BCUT2D eigenvalue weighted by atomic mass is 10.2. The Morgan fingerprint density at radius 2 is 2.17 bits per heavy atom. The largest absolute Gasteiger partial charge is 0.478 e. The van der Waals surface area contributed by atoms with E-state index in [4.69, 9.17) is 10.2 Å². The maximum Gasteiger partial charge on any atom is 0.331 e. The molecule has 68 valence electrons. The fraction of sp³-hybridized carbons (Fsp3) is 0.444. The van der Waals surface area contributed by atoms with Gasteiger partial charge in [0.1, 0.15) is 0 Å². The number of aliphatic hydroxyl groups excluding tert-OH is 1. The normalized spacial score (nSPS) is 15.1. The van der Waals surface area contributed by atoms with Gasteiger partial charge in [-0.15, -0.1) is 0 Å². The zero-order valence-electron chi connectivity index (χ0n) is 7.32. The Morgan fingerprint density at radius 3 is 2.58 bits per heavy atom. The van der Waals surface area contributed by atoms with Gasteiger partial charge in [0.2, 0.25) is 0 Å². The van der Waals surface area contributed by atoms with Crippen LogP contribution in [0.25, 0.3) is 0 Å². The van der Waals surface area contributed by atoms with Crippen molar-refractivity contribution >= 4 is 5.97 Å². The van der Waals surface area contributed by atoms with Crippen LogP contribution in [0.2, 0.25) is 0 Å². The molecule has 0 aromatic carbocycles. The monoisotopic (exact) mass is 170 g/mol. The fourth-order valence-corrected chi connectivity index (χ4v) is 0.536. The van der Waals surface area contributed by atoms with Crippen molar-refractivity contribution in [2.24, 2.45) is 0 Å². The molecule has 0 unspecified atom stereocenters. The second-order valence-electron chi connectivity index (χ2n) is 2.52. The van der Waals surface area contributed by atoms with Gasteiger partial charge in [-0.3, -0.25) is 0 Å². The third-order valence-corrected chi connectivity index (χ3v) is 1.44. The molecule has 0 saturated heterocycles. The van der Waals surface area contributed by atoms with E-state index in [1.807, 2.05) is 6.92 Å². The number of hydrogen-bond acceptors (Lipinski definition) is 2.